The molecule has 1 aliphatic heterocycles. The number of benzene rings is 3. The van der Waals surface area contributed by atoms with E-state index < -0.39 is 6.10 Å². The lowest BCUT2D eigenvalue weighted by molar-refractivity contribution is -0.128. The Kier molecular flexibility index (Phi) is 7.02. The van der Waals surface area contributed by atoms with Crippen LogP contribution in [0.4, 0.5) is 5.69 Å². The van der Waals surface area contributed by atoms with Crippen molar-refractivity contribution in [1.29, 1.82) is 0 Å². The third kappa shape index (κ3) is 5.27. The summed E-state index contributed by atoms with van der Waals surface area (Å²) in [7, 11) is 1.60. The largest absolute Gasteiger partial charge is 0.493 e. The minimum Gasteiger partial charge on any atom is -0.493 e. The van der Waals surface area contributed by atoms with Crippen LogP contribution < -0.4 is 24.4 Å². The normalized spacial score (nSPS) is 14.5. The van der Waals surface area contributed by atoms with Crippen molar-refractivity contribution < 1.29 is 19.0 Å². The Labute approximate surface area is 210 Å². The summed E-state index contributed by atoms with van der Waals surface area (Å²) in [5, 5.41) is 7.21. The Balaban J connectivity index is 1.21. The van der Waals surface area contributed by atoms with Crippen LogP contribution in [0, 0.1) is 0 Å². The first kappa shape index (κ1) is 23.3. The van der Waals surface area contributed by atoms with Gasteiger partial charge in [-0.3, -0.25) is 4.79 Å². The summed E-state index contributed by atoms with van der Waals surface area (Å²) >= 11 is 0. The standard InChI is InChI=1S/C28H28N4O4/c1-34-25-9-4-5-10-26(25)35-18-16-29-28(33)27-20-31(23-7-2-3-8-24(23)36-27)19-21-11-13-22(14-12-21)32-17-6-15-30-32/h2-15,17,27H,16,18-20H2,1H3,(H,29,33). The van der Waals surface area contributed by atoms with E-state index in [1.807, 2.05) is 77.6 Å². The number of ether oxygens (including phenoxy) is 3. The third-order valence-corrected chi connectivity index (χ3v) is 5.96. The molecule has 184 valence electrons. The Morgan fingerprint density at radius 3 is 2.58 bits per heavy atom. The SMILES string of the molecule is COc1ccccc1OCCNC(=O)C1CN(Cc2ccc(-n3cccn3)cc2)c2ccccc2O1. The van der Waals surface area contributed by atoms with E-state index in [4.69, 9.17) is 14.2 Å². The highest BCUT2D eigenvalue weighted by atomic mass is 16.5. The lowest BCUT2D eigenvalue weighted by Gasteiger charge is -2.35. The van der Waals surface area contributed by atoms with E-state index in [0.29, 0.717) is 43.5 Å². The second-order valence-corrected chi connectivity index (χ2v) is 8.36. The summed E-state index contributed by atoms with van der Waals surface area (Å²) in [5.74, 6) is 1.82. The summed E-state index contributed by atoms with van der Waals surface area (Å²) < 4.78 is 18.9. The molecule has 1 unspecified atom stereocenters. The maximum absolute atomic E-state index is 13.0. The monoisotopic (exact) mass is 484 g/mol. The van der Waals surface area contributed by atoms with Gasteiger partial charge in [-0.25, -0.2) is 4.68 Å². The average Bonchev–Trinajstić information content (AvgIpc) is 3.47. The third-order valence-electron chi connectivity index (χ3n) is 5.96. The lowest BCUT2D eigenvalue weighted by Crippen LogP contribution is -2.49. The minimum absolute atomic E-state index is 0.174. The van der Waals surface area contributed by atoms with Gasteiger partial charge in [0.25, 0.3) is 5.91 Å². The summed E-state index contributed by atoms with van der Waals surface area (Å²) in [6, 6.07) is 25.4. The molecule has 8 nitrogen and oxygen atoms in total. The molecule has 36 heavy (non-hydrogen) atoms. The highest BCUT2D eigenvalue weighted by Gasteiger charge is 2.30. The average molecular weight is 485 g/mol. The molecule has 0 bridgehead atoms. The molecule has 2 heterocycles. The van der Waals surface area contributed by atoms with Gasteiger partial charge in [0.15, 0.2) is 17.6 Å². The predicted molar refractivity (Wildman–Crippen MR) is 137 cm³/mol. The second-order valence-electron chi connectivity index (χ2n) is 8.36. The van der Waals surface area contributed by atoms with E-state index >= 15 is 0 Å². The van der Waals surface area contributed by atoms with E-state index in [9.17, 15) is 4.79 Å². The molecule has 5 rings (SSSR count). The van der Waals surface area contributed by atoms with Crippen LogP contribution >= 0.6 is 0 Å². The van der Waals surface area contributed by atoms with Crippen LogP contribution in [0.1, 0.15) is 5.56 Å². The zero-order chi connectivity index (χ0) is 24.7. The van der Waals surface area contributed by atoms with Crippen LogP contribution in [0.5, 0.6) is 17.2 Å². The van der Waals surface area contributed by atoms with Gasteiger partial charge in [-0.05, 0) is 48.0 Å². The molecule has 0 radical (unpaired) electrons. The molecular weight excluding hydrogens is 456 g/mol. The van der Waals surface area contributed by atoms with Gasteiger partial charge in [-0.15, -0.1) is 0 Å². The number of nitrogens with zero attached hydrogens (tertiary/aromatic N) is 3. The zero-order valence-electron chi connectivity index (χ0n) is 20.0. The second kappa shape index (κ2) is 10.9. The van der Waals surface area contributed by atoms with Crippen molar-refractivity contribution in [3.63, 3.8) is 0 Å². The fourth-order valence-electron chi connectivity index (χ4n) is 4.18. The Bertz CT molecular complexity index is 1290. The summed E-state index contributed by atoms with van der Waals surface area (Å²) in [6.07, 6.45) is 3.04. The quantitative estimate of drug-likeness (QED) is 0.364. The number of para-hydroxylation sites is 4. The van der Waals surface area contributed by atoms with Gasteiger partial charge in [0.2, 0.25) is 0 Å². The minimum atomic E-state index is -0.630. The number of amides is 1. The highest BCUT2D eigenvalue weighted by Crippen LogP contribution is 2.34. The molecule has 0 saturated carbocycles. The van der Waals surface area contributed by atoms with Gasteiger partial charge in [-0.1, -0.05) is 36.4 Å². The van der Waals surface area contributed by atoms with Crippen molar-refractivity contribution in [2.24, 2.45) is 0 Å². The Hall–Kier alpha value is -4.46. The Morgan fingerprint density at radius 2 is 1.81 bits per heavy atom. The van der Waals surface area contributed by atoms with Crippen molar-refractivity contribution in [2.75, 3.05) is 31.7 Å². The Morgan fingerprint density at radius 1 is 1.03 bits per heavy atom. The number of methoxy groups -OCH3 is 1. The molecule has 8 heteroatoms. The van der Waals surface area contributed by atoms with Crippen molar-refractivity contribution >= 4 is 11.6 Å². The molecule has 1 aliphatic rings. The molecular formula is C28H28N4O4. The number of nitrogens with one attached hydrogen (secondary N) is 1. The molecule has 1 atom stereocenters. The molecule has 1 amide bonds. The molecule has 1 aromatic heterocycles. The van der Waals surface area contributed by atoms with E-state index in [1.165, 1.54) is 0 Å². The maximum Gasteiger partial charge on any atom is 0.263 e. The van der Waals surface area contributed by atoms with Gasteiger partial charge < -0.3 is 24.4 Å². The first-order chi connectivity index (χ1) is 17.7. The van der Waals surface area contributed by atoms with Gasteiger partial charge in [0, 0.05) is 18.9 Å². The molecule has 0 aliphatic carbocycles. The summed E-state index contributed by atoms with van der Waals surface area (Å²) in [5.41, 5.74) is 3.10. The number of anilines is 1. The van der Waals surface area contributed by atoms with Crippen LogP contribution in [0.25, 0.3) is 5.69 Å². The van der Waals surface area contributed by atoms with Crippen LogP contribution in [-0.4, -0.2) is 48.6 Å². The predicted octanol–water partition coefficient (Wildman–Crippen LogP) is 3.84. The fraction of sp³-hybridized carbons (Fsp3) is 0.214. The highest BCUT2D eigenvalue weighted by molar-refractivity contribution is 5.83. The van der Waals surface area contributed by atoms with Gasteiger partial charge >= 0.3 is 0 Å². The number of hydrogen-bond donors (Lipinski definition) is 1. The van der Waals surface area contributed by atoms with Gasteiger partial charge in [0.05, 0.1) is 31.6 Å². The first-order valence-electron chi connectivity index (χ1n) is 11.8. The van der Waals surface area contributed by atoms with Crippen LogP contribution in [0.15, 0.2) is 91.3 Å². The number of rotatable bonds is 9. The number of carbonyl (C=O) groups excluding carboxylic acids is 1. The number of carbonyl (C=O) groups is 1. The summed E-state index contributed by atoms with van der Waals surface area (Å²) in [4.78, 5) is 15.1. The number of aromatic nitrogens is 2. The van der Waals surface area contributed by atoms with E-state index in [0.717, 1.165) is 16.9 Å². The van der Waals surface area contributed by atoms with Crippen LogP contribution in [0.2, 0.25) is 0 Å². The maximum atomic E-state index is 13.0. The van der Waals surface area contributed by atoms with Crippen LogP contribution in [0.3, 0.4) is 0 Å². The zero-order valence-corrected chi connectivity index (χ0v) is 20.0. The van der Waals surface area contributed by atoms with E-state index in [2.05, 4.69) is 27.4 Å². The first-order valence-corrected chi connectivity index (χ1v) is 11.8. The number of fused-ring (bicyclic) bond motifs is 1. The molecule has 4 aromatic rings. The number of hydrogen-bond acceptors (Lipinski definition) is 6. The van der Waals surface area contributed by atoms with Crippen molar-refractivity contribution in [3.05, 3.63) is 96.8 Å². The van der Waals surface area contributed by atoms with E-state index in [-0.39, 0.29) is 5.91 Å². The molecule has 0 spiro atoms. The van der Waals surface area contributed by atoms with Crippen LogP contribution in [-0.2, 0) is 11.3 Å². The summed E-state index contributed by atoms with van der Waals surface area (Å²) in [6.45, 7) is 1.77. The van der Waals surface area contributed by atoms with Gasteiger partial charge in [-0.2, -0.15) is 5.10 Å². The van der Waals surface area contributed by atoms with Crippen molar-refractivity contribution in [2.45, 2.75) is 12.6 Å². The lowest BCUT2D eigenvalue weighted by atomic mass is 10.1. The fourth-order valence-corrected chi connectivity index (χ4v) is 4.18. The van der Waals surface area contributed by atoms with E-state index in [1.54, 1.807) is 13.3 Å². The van der Waals surface area contributed by atoms with Crippen molar-refractivity contribution in [1.82, 2.24) is 15.1 Å². The molecule has 1 N–H and O–H groups in total. The smallest absolute Gasteiger partial charge is 0.263 e. The van der Waals surface area contributed by atoms with Gasteiger partial charge in [0.1, 0.15) is 12.4 Å². The van der Waals surface area contributed by atoms with Crippen molar-refractivity contribution in [3.8, 4) is 22.9 Å². The topological polar surface area (TPSA) is 77.9 Å². The molecule has 0 fully saturated rings. The molecule has 0 saturated heterocycles. The molecule has 3 aromatic carbocycles.